The van der Waals surface area contributed by atoms with E-state index in [2.05, 4.69) is 10.3 Å². The zero-order valence-corrected chi connectivity index (χ0v) is 17.8. The average Bonchev–Trinajstić information content (AvgIpc) is 3.29. The number of amides is 1. The third kappa shape index (κ3) is 3.96. The molecule has 33 heavy (non-hydrogen) atoms. The molecule has 1 N–H and O–H groups in total. The molecule has 4 aromatic rings. The lowest BCUT2D eigenvalue weighted by atomic mass is 10.1. The summed E-state index contributed by atoms with van der Waals surface area (Å²) < 4.78 is 13.0. The number of nitrogens with zero attached hydrogens (tertiary/aromatic N) is 3. The van der Waals surface area contributed by atoms with E-state index in [0.29, 0.717) is 22.7 Å². The van der Waals surface area contributed by atoms with E-state index in [1.165, 1.54) is 10.8 Å². The van der Waals surface area contributed by atoms with E-state index >= 15 is 0 Å². The third-order valence-electron chi connectivity index (χ3n) is 5.41. The molecule has 0 unspecified atom stereocenters. The number of hydrogen-bond donors (Lipinski definition) is 1. The summed E-state index contributed by atoms with van der Waals surface area (Å²) in [7, 11) is 0. The van der Waals surface area contributed by atoms with Gasteiger partial charge in [-0.1, -0.05) is 29.8 Å². The molecule has 1 aliphatic heterocycles. The highest BCUT2D eigenvalue weighted by Crippen LogP contribution is 2.34. The zero-order valence-electron chi connectivity index (χ0n) is 17.8. The molecular weight excluding hydrogens is 424 g/mol. The van der Waals surface area contributed by atoms with Crippen molar-refractivity contribution in [1.82, 2.24) is 14.1 Å². The Kier molecular flexibility index (Phi) is 5.14. The monoisotopic (exact) mass is 444 g/mol. The van der Waals surface area contributed by atoms with Crippen molar-refractivity contribution in [1.29, 1.82) is 0 Å². The Morgan fingerprint density at radius 3 is 2.64 bits per heavy atom. The van der Waals surface area contributed by atoms with Crippen molar-refractivity contribution in [3.8, 4) is 11.5 Å². The van der Waals surface area contributed by atoms with E-state index < -0.39 is 17.2 Å². The fraction of sp³-hybridized carbons (Fsp3) is 0.167. The van der Waals surface area contributed by atoms with Crippen LogP contribution in [0.4, 0.5) is 5.69 Å². The van der Waals surface area contributed by atoms with Crippen molar-refractivity contribution in [3.63, 3.8) is 0 Å². The molecule has 3 heterocycles. The number of ether oxygens (including phenoxy) is 2. The Morgan fingerprint density at radius 1 is 1.03 bits per heavy atom. The molecule has 166 valence electrons. The van der Waals surface area contributed by atoms with Gasteiger partial charge in [0.15, 0.2) is 17.0 Å². The number of carbonyl (C=O) groups is 1. The summed E-state index contributed by atoms with van der Waals surface area (Å²) in [6.07, 6.45) is 1.49. The van der Waals surface area contributed by atoms with Crippen LogP contribution in [0.1, 0.15) is 11.1 Å². The van der Waals surface area contributed by atoms with Crippen LogP contribution < -0.4 is 26.0 Å². The summed E-state index contributed by atoms with van der Waals surface area (Å²) in [6.45, 7) is 1.88. The van der Waals surface area contributed by atoms with E-state index in [4.69, 9.17) is 9.47 Å². The van der Waals surface area contributed by atoms with Gasteiger partial charge in [0.1, 0.15) is 6.54 Å². The number of carbonyl (C=O) groups excluding carboxylic acids is 1. The van der Waals surface area contributed by atoms with Gasteiger partial charge in [-0.15, -0.1) is 0 Å². The largest absolute Gasteiger partial charge is 0.454 e. The Labute approximate surface area is 187 Å². The lowest BCUT2D eigenvalue weighted by Crippen LogP contribution is -2.42. The second-order valence-corrected chi connectivity index (χ2v) is 7.73. The molecule has 0 atom stereocenters. The van der Waals surface area contributed by atoms with Crippen LogP contribution in [0.3, 0.4) is 0 Å². The number of benzene rings is 2. The number of aromatic nitrogens is 3. The average molecular weight is 444 g/mol. The second-order valence-electron chi connectivity index (χ2n) is 7.73. The molecule has 0 bridgehead atoms. The first-order chi connectivity index (χ1) is 16.0. The Bertz CT molecular complexity index is 1490. The van der Waals surface area contributed by atoms with Crippen LogP contribution in [-0.2, 0) is 17.9 Å². The Balaban J connectivity index is 1.50. The van der Waals surface area contributed by atoms with Gasteiger partial charge in [0.05, 0.1) is 12.1 Å². The highest BCUT2D eigenvalue weighted by Gasteiger charge is 2.18. The summed E-state index contributed by atoms with van der Waals surface area (Å²) in [5.74, 6) is 0.706. The maximum atomic E-state index is 13.3. The van der Waals surface area contributed by atoms with Crippen molar-refractivity contribution in [2.45, 2.75) is 20.0 Å². The summed E-state index contributed by atoms with van der Waals surface area (Å²) in [5.41, 5.74) is 1.72. The molecule has 0 saturated heterocycles. The van der Waals surface area contributed by atoms with Crippen LogP contribution in [0.2, 0.25) is 0 Å². The molecule has 1 amide bonds. The molecule has 0 aliphatic carbocycles. The maximum absolute atomic E-state index is 13.3. The predicted molar refractivity (Wildman–Crippen MR) is 122 cm³/mol. The van der Waals surface area contributed by atoms with Crippen LogP contribution in [0.5, 0.6) is 11.5 Å². The fourth-order valence-electron chi connectivity index (χ4n) is 3.73. The molecule has 1 aliphatic rings. The minimum Gasteiger partial charge on any atom is -0.454 e. The molecule has 0 fully saturated rings. The van der Waals surface area contributed by atoms with Crippen molar-refractivity contribution in [3.05, 3.63) is 92.8 Å². The molecule has 0 spiro atoms. The number of pyridine rings is 1. The number of rotatable bonds is 5. The first kappa shape index (κ1) is 20.5. The van der Waals surface area contributed by atoms with Crippen molar-refractivity contribution in [2.24, 2.45) is 0 Å². The van der Waals surface area contributed by atoms with E-state index in [9.17, 15) is 14.4 Å². The standard InChI is InChI=1S/C24H20N4O5/c1-15-4-6-16(7-5-15)12-28-23(30)22-18(3-2-10-25-22)27(24(28)31)13-21(29)26-17-8-9-19-20(11-17)33-14-32-19/h2-11H,12-14H2,1H3,(H,26,29). The highest BCUT2D eigenvalue weighted by atomic mass is 16.7. The van der Waals surface area contributed by atoms with Gasteiger partial charge >= 0.3 is 5.69 Å². The van der Waals surface area contributed by atoms with Crippen molar-refractivity contribution in [2.75, 3.05) is 12.1 Å². The van der Waals surface area contributed by atoms with E-state index in [-0.39, 0.29) is 25.4 Å². The lowest BCUT2D eigenvalue weighted by molar-refractivity contribution is -0.116. The fourth-order valence-corrected chi connectivity index (χ4v) is 3.73. The molecule has 0 saturated carbocycles. The summed E-state index contributed by atoms with van der Waals surface area (Å²) in [4.78, 5) is 43.3. The van der Waals surface area contributed by atoms with Crippen LogP contribution in [0, 0.1) is 6.92 Å². The van der Waals surface area contributed by atoms with Gasteiger partial charge in [-0.3, -0.25) is 18.7 Å². The molecule has 9 nitrogen and oxygen atoms in total. The second kappa shape index (κ2) is 8.27. The molecule has 0 radical (unpaired) electrons. The lowest BCUT2D eigenvalue weighted by Gasteiger charge is -2.14. The smallest absolute Gasteiger partial charge is 0.332 e. The number of fused-ring (bicyclic) bond motifs is 2. The van der Waals surface area contributed by atoms with Gasteiger partial charge in [-0.05, 0) is 36.8 Å². The van der Waals surface area contributed by atoms with Gasteiger partial charge in [0.25, 0.3) is 5.56 Å². The molecule has 2 aromatic heterocycles. The number of aryl methyl sites for hydroxylation is 1. The third-order valence-corrected chi connectivity index (χ3v) is 5.41. The van der Waals surface area contributed by atoms with E-state index in [0.717, 1.165) is 15.7 Å². The summed E-state index contributed by atoms with van der Waals surface area (Å²) in [5, 5.41) is 2.76. The van der Waals surface area contributed by atoms with Gasteiger partial charge in [-0.25, -0.2) is 9.78 Å². The Hall–Kier alpha value is -4.40. The van der Waals surface area contributed by atoms with Gasteiger partial charge in [0, 0.05) is 18.0 Å². The molecule has 9 heteroatoms. The van der Waals surface area contributed by atoms with Crippen LogP contribution in [0.15, 0.2) is 70.4 Å². The van der Waals surface area contributed by atoms with Crippen molar-refractivity contribution >= 4 is 22.6 Å². The number of hydrogen-bond acceptors (Lipinski definition) is 6. The normalized spacial score (nSPS) is 12.2. The highest BCUT2D eigenvalue weighted by molar-refractivity contribution is 5.91. The van der Waals surface area contributed by atoms with Crippen molar-refractivity contribution < 1.29 is 14.3 Å². The molecule has 2 aromatic carbocycles. The number of nitrogens with one attached hydrogen (secondary N) is 1. The molecular formula is C24H20N4O5. The van der Waals surface area contributed by atoms with E-state index in [1.807, 2.05) is 31.2 Å². The quantitative estimate of drug-likeness (QED) is 0.507. The van der Waals surface area contributed by atoms with Gasteiger partial charge < -0.3 is 14.8 Å². The first-order valence-electron chi connectivity index (χ1n) is 10.3. The van der Waals surface area contributed by atoms with Gasteiger partial charge in [-0.2, -0.15) is 0 Å². The zero-order chi connectivity index (χ0) is 22.9. The topological polar surface area (TPSA) is 104 Å². The first-order valence-corrected chi connectivity index (χ1v) is 10.3. The summed E-state index contributed by atoms with van der Waals surface area (Å²) >= 11 is 0. The van der Waals surface area contributed by atoms with Crippen LogP contribution in [0.25, 0.3) is 11.0 Å². The van der Waals surface area contributed by atoms with Crippen LogP contribution in [-0.4, -0.2) is 26.8 Å². The maximum Gasteiger partial charge on any atom is 0.332 e. The van der Waals surface area contributed by atoms with E-state index in [1.54, 1.807) is 30.3 Å². The minimum atomic E-state index is -0.582. The van der Waals surface area contributed by atoms with Crippen LogP contribution >= 0.6 is 0 Å². The minimum absolute atomic E-state index is 0.0776. The Morgan fingerprint density at radius 2 is 1.82 bits per heavy atom. The van der Waals surface area contributed by atoms with Gasteiger partial charge in [0.2, 0.25) is 12.7 Å². The summed E-state index contributed by atoms with van der Waals surface area (Å²) in [6, 6.07) is 15.8. The number of anilines is 1. The predicted octanol–water partition coefficient (Wildman–Crippen LogP) is 2.28. The molecule has 5 rings (SSSR count). The SMILES string of the molecule is Cc1ccc(Cn2c(=O)c3ncccc3n(CC(=O)Nc3ccc4c(c3)OCO4)c2=O)cc1.